The van der Waals surface area contributed by atoms with Crippen LogP contribution in [0, 0.1) is 6.92 Å². The number of aliphatic hydroxyl groups is 1. The Labute approximate surface area is 199 Å². The lowest BCUT2D eigenvalue weighted by Gasteiger charge is -2.40. The minimum Gasteiger partial charge on any atom is -0.385 e. The van der Waals surface area contributed by atoms with E-state index in [1.54, 1.807) is 36.5 Å². The van der Waals surface area contributed by atoms with Crippen LogP contribution in [0.15, 0.2) is 90.0 Å². The average Bonchev–Trinajstić information content (AvgIpc) is 2.86. The predicted octanol–water partition coefficient (Wildman–Crippen LogP) is 4.83. The molecule has 0 aliphatic carbocycles. The summed E-state index contributed by atoms with van der Waals surface area (Å²) in [7, 11) is -3.74. The molecule has 2 heterocycles. The molecule has 1 aliphatic heterocycles. The lowest BCUT2D eigenvalue weighted by Crippen LogP contribution is -2.42. The lowest BCUT2D eigenvalue weighted by atomic mass is 9.84. The molecule has 174 valence electrons. The van der Waals surface area contributed by atoms with E-state index in [0.29, 0.717) is 37.1 Å². The highest BCUT2D eigenvalue weighted by Gasteiger charge is 2.34. The molecule has 3 aromatic carbocycles. The molecule has 5 rings (SSSR count). The summed E-state index contributed by atoms with van der Waals surface area (Å²) in [5, 5.41) is 12.1. The third-order valence-corrected chi connectivity index (χ3v) is 7.95. The summed E-state index contributed by atoms with van der Waals surface area (Å²) in [6, 6.07) is 24.1. The lowest BCUT2D eigenvalue weighted by molar-refractivity contribution is 0.0118. The standard InChI is InChI=1S/C27H27N3O3S/c1-20-9-11-22(12-10-20)34(32,33)29-24-13-14-25(23-8-5-17-28-26(23)24)30-18-15-27(31,16-19-30)21-6-3-2-4-7-21/h2-14,17,29,31H,15-16,18-19H2,1H3. The normalized spacial score (nSPS) is 15.9. The van der Waals surface area contributed by atoms with Crippen LogP contribution in [-0.4, -0.2) is 31.6 Å². The molecule has 7 heteroatoms. The minimum atomic E-state index is -3.74. The molecule has 2 N–H and O–H groups in total. The number of piperidine rings is 1. The molecule has 0 spiro atoms. The second-order valence-corrected chi connectivity index (χ2v) is 10.5. The summed E-state index contributed by atoms with van der Waals surface area (Å²) in [6.45, 7) is 3.29. The molecule has 0 atom stereocenters. The van der Waals surface area contributed by atoms with E-state index >= 15 is 0 Å². The van der Waals surface area contributed by atoms with Crippen LogP contribution in [0.3, 0.4) is 0 Å². The van der Waals surface area contributed by atoms with E-state index in [1.165, 1.54) is 0 Å². The first-order valence-electron chi connectivity index (χ1n) is 11.4. The molecular formula is C27H27N3O3S. The van der Waals surface area contributed by atoms with Crippen molar-refractivity contribution < 1.29 is 13.5 Å². The molecule has 0 radical (unpaired) electrons. The van der Waals surface area contributed by atoms with Crippen molar-refractivity contribution in [2.24, 2.45) is 0 Å². The Hall–Kier alpha value is -3.42. The predicted molar refractivity (Wildman–Crippen MR) is 136 cm³/mol. The van der Waals surface area contributed by atoms with Crippen LogP contribution in [-0.2, 0) is 15.6 Å². The Bertz CT molecular complexity index is 1410. The third-order valence-electron chi connectivity index (χ3n) is 6.56. The average molecular weight is 474 g/mol. The van der Waals surface area contributed by atoms with Crippen LogP contribution in [0.2, 0.25) is 0 Å². The molecule has 1 saturated heterocycles. The number of rotatable bonds is 5. The van der Waals surface area contributed by atoms with Gasteiger partial charge in [-0.1, -0.05) is 48.0 Å². The molecule has 0 saturated carbocycles. The number of aryl methyl sites for hydroxylation is 1. The van der Waals surface area contributed by atoms with Crippen LogP contribution in [0.1, 0.15) is 24.0 Å². The van der Waals surface area contributed by atoms with Crippen LogP contribution in [0.5, 0.6) is 0 Å². The van der Waals surface area contributed by atoms with Crippen molar-refractivity contribution in [1.29, 1.82) is 0 Å². The van der Waals surface area contributed by atoms with Crippen molar-refractivity contribution in [2.75, 3.05) is 22.7 Å². The zero-order chi connectivity index (χ0) is 23.8. The van der Waals surface area contributed by atoms with Crippen molar-refractivity contribution in [3.05, 3.63) is 96.2 Å². The number of aromatic nitrogens is 1. The van der Waals surface area contributed by atoms with Gasteiger partial charge in [0.25, 0.3) is 10.0 Å². The maximum absolute atomic E-state index is 13.0. The van der Waals surface area contributed by atoms with E-state index in [9.17, 15) is 13.5 Å². The highest BCUT2D eigenvalue weighted by atomic mass is 32.2. The Morgan fingerprint density at radius 2 is 1.62 bits per heavy atom. The van der Waals surface area contributed by atoms with Gasteiger partial charge in [0.15, 0.2) is 0 Å². The number of nitrogens with one attached hydrogen (secondary N) is 1. The number of pyridine rings is 1. The topological polar surface area (TPSA) is 82.5 Å². The maximum atomic E-state index is 13.0. The Kier molecular flexibility index (Phi) is 5.75. The van der Waals surface area contributed by atoms with Gasteiger partial charge in [-0.05, 0) is 61.7 Å². The van der Waals surface area contributed by atoms with Gasteiger partial charge in [0.2, 0.25) is 0 Å². The molecule has 6 nitrogen and oxygen atoms in total. The zero-order valence-corrected chi connectivity index (χ0v) is 19.8. The number of anilines is 2. The fourth-order valence-corrected chi connectivity index (χ4v) is 5.66. The van der Waals surface area contributed by atoms with Crippen LogP contribution < -0.4 is 9.62 Å². The number of sulfonamides is 1. The molecule has 0 amide bonds. The monoisotopic (exact) mass is 473 g/mol. The van der Waals surface area contributed by atoms with Gasteiger partial charge in [-0.15, -0.1) is 0 Å². The molecule has 34 heavy (non-hydrogen) atoms. The van der Waals surface area contributed by atoms with E-state index in [0.717, 1.165) is 22.2 Å². The van der Waals surface area contributed by atoms with Gasteiger partial charge in [-0.2, -0.15) is 0 Å². The van der Waals surface area contributed by atoms with Crippen LogP contribution >= 0.6 is 0 Å². The van der Waals surface area contributed by atoms with Gasteiger partial charge in [-0.3, -0.25) is 9.71 Å². The molecular weight excluding hydrogens is 446 g/mol. The van der Waals surface area contributed by atoms with Gasteiger partial charge in [0, 0.05) is 30.4 Å². The summed E-state index contributed by atoms with van der Waals surface area (Å²) in [4.78, 5) is 6.95. The highest BCUT2D eigenvalue weighted by molar-refractivity contribution is 7.92. The van der Waals surface area contributed by atoms with Crippen molar-refractivity contribution in [3.63, 3.8) is 0 Å². The maximum Gasteiger partial charge on any atom is 0.261 e. The number of benzene rings is 3. The van der Waals surface area contributed by atoms with Gasteiger partial charge < -0.3 is 10.0 Å². The number of hydrogen-bond acceptors (Lipinski definition) is 5. The third kappa shape index (κ3) is 4.24. The van der Waals surface area contributed by atoms with E-state index in [1.807, 2.05) is 55.5 Å². The molecule has 4 aromatic rings. The van der Waals surface area contributed by atoms with Crippen molar-refractivity contribution in [2.45, 2.75) is 30.3 Å². The van der Waals surface area contributed by atoms with Crippen molar-refractivity contribution in [3.8, 4) is 0 Å². The van der Waals surface area contributed by atoms with Gasteiger partial charge in [0.1, 0.15) is 0 Å². The van der Waals surface area contributed by atoms with Gasteiger partial charge >= 0.3 is 0 Å². The van der Waals surface area contributed by atoms with Crippen LogP contribution in [0.25, 0.3) is 10.9 Å². The number of nitrogens with zero attached hydrogens (tertiary/aromatic N) is 2. The minimum absolute atomic E-state index is 0.211. The molecule has 0 bridgehead atoms. The summed E-state index contributed by atoms with van der Waals surface area (Å²) in [5.74, 6) is 0. The zero-order valence-electron chi connectivity index (χ0n) is 19.0. The first-order valence-corrected chi connectivity index (χ1v) is 12.8. The first kappa shape index (κ1) is 22.4. The molecule has 1 aromatic heterocycles. The van der Waals surface area contributed by atoms with E-state index in [2.05, 4.69) is 14.6 Å². The Balaban J connectivity index is 1.43. The fraction of sp³-hybridized carbons (Fsp3) is 0.222. The fourth-order valence-electron chi connectivity index (χ4n) is 4.59. The summed E-state index contributed by atoms with van der Waals surface area (Å²) in [6.07, 6.45) is 2.89. The second-order valence-electron chi connectivity index (χ2n) is 8.84. The van der Waals surface area contributed by atoms with E-state index in [4.69, 9.17) is 0 Å². The number of hydrogen-bond donors (Lipinski definition) is 2. The SMILES string of the molecule is Cc1ccc(S(=O)(=O)Nc2ccc(N3CCC(O)(c4ccccc4)CC3)c3cccnc23)cc1. The summed E-state index contributed by atoms with van der Waals surface area (Å²) >= 11 is 0. The highest BCUT2D eigenvalue weighted by Crippen LogP contribution is 2.38. The van der Waals surface area contributed by atoms with Crippen LogP contribution in [0.4, 0.5) is 11.4 Å². The Morgan fingerprint density at radius 1 is 0.912 bits per heavy atom. The second kappa shape index (κ2) is 8.74. The molecule has 1 fully saturated rings. The van der Waals surface area contributed by atoms with Crippen molar-refractivity contribution in [1.82, 2.24) is 4.98 Å². The number of fused-ring (bicyclic) bond motifs is 1. The largest absolute Gasteiger partial charge is 0.385 e. The smallest absolute Gasteiger partial charge is 0.261 e. The van der Waals surface area contributed by atoms with Gasteiger partial charge in [0.05, 0.1) is 21.7 Å². The summed E-state index contributed by atoms with van der Waals surface area (Å²) in [5.41, 5.74) is 3.13. The first-order chi connectivity index (χ1) is 16.4. The van der Waals surface area contributed by atoms with Crippen molar-refractivity contribution >= 4 is 32.3 Å². The van der Waals surface area contributed by atoms with E-state index in [-0.39, 0.29) is 4.90 Å². The molecule has 0 unspecified atom stereocenters. The quantitative estimate of drug-likeness (QED) is 0.434. The van der Waals surface area contributed by atoms with Gasteiger partial charge in [-0.25, -0.2) is 8.42 Å². The van der Waals surface area contributed by atoms with E-state index < -0.39 is 15.6 Å². The summed E-state index contributed by atoms with van der Waals surface area (Å²) < 4.78 is 28.7. The molecule has 1 aliphatic rings. The Morgan fingerprint density at radius 3 is 2.32 bits per heavy atom.